The van der Waals surface area contributed by atoms with Crippen LogP contribution in [0.1, 0.15) is 33.7 Å². The van der Waals surface area contributed by atoms with E-state index in [0.717, 1.165) is 29.3 Å². The van der Waals surface area contributed by atoms with E-state index in [9.17, 15) is 9.59 Å². The second-order valence-corrected chi connectivity index (χ2v) is 9.35. The number of nitrogens with one attached hydrogen (secondary N) is 2. The second-order valence-electron chi connectivity index (χ2n) is 8.91. The quantitative estimate of drug-likeness (QED) is 0.490. The molecular weight excluding hydrogens is 428 g/mol. The maximum Gasteiger partial charge on any atom is 0.270 e. The molecule has 0 bridgehead atoms. The first-order valence-corrected chi connectivity index (χ1v) is 11.1. The molecule has 0 saturated carbocycles. The van der Waals surface area contributed by atoms with Gasteiger partial charge in [0, 0.05) is 53.1 Å². The van der Waals surface area contributed by atoms with Crippen LogP contribution in [0, 0.1) is 5.41 Å². The van der Waals surface area contributed by atoms with Crippen molar-refractivity contribution in [2.24, 2.45) is 5.41 Å². The van der Waals surface area contributed by atoms with Crippen molar-refractivity contribution in [2.45, 2.75) is 12.8 Å². The zero-order valence-corrected chi connectivity index (χ0v) is 18.0. The molecule has 162 valence electrons. The zero-order valence-electron chi connectivity index (χ0n) is 17.3. The first-order chi connectivity index (χ1) is 15.5. The Morgan fingerprint density at radius 1 is 0.938 bits per heavy atom. The minimum Gasteiger partial charge on any atom is -0.351 e. The number of amides is 2. The first kappa shape index (κ1) is 19.3. The summed E-state index contributed by atoms with van der Waals surface area (Å²) in [5.74, 6) is -0.000458. The Labute approximate surface area is 188 Å². The molecular formula is C23H21ClN6O2. The SMILES string of the molecule is O=C(c1ccc2[nH]nnc2c1)N1CCC2(CCN(C(=O)c3cc4cc(Cl)ccc4[nH]3)C2)C1. The van der Waals surface area contributed by atoms with Crippen molar-refractivity contribution in [1.29, 1.82) is 0 Å². The summed E-state index contributed by atoms with van der Waals surface area (Å²) in [6, 6.07) is 12.8. The van der Waals surface area contributed by atoms with Crippen molar-refractivity contribution in [3.8, 4) is 0 Å². The number of fused-ring (bicyclic) bond motifs is 2. The molecule has 0 aliphatic carbocycles. The summed E-state index contributed by atoms with van der Waals surface area (Å²) in [6.07, 6.45) is 1.80. The normalized spacial score (nSPS) is 20.8. The lowest BCUT2D eigenvalue weighted by molar-refractivity contribution is 0.0752. The number of benzene rings is 2. The van der Waals surface area contributed by atoms with Gasteiger partial charge < -0.3 is 14.8 Å². The summed E-state index contributed by atoms with van der Waals surface area (Å²) in [5.41, 5.74) is 3.54. The van der Waals surface area contributed by atoms with E-state index in [0.29, 0.717) is 48.0 Å². The maximum atomic E-state index is 13.1. The Morgan fingerprint density at radius 3 is 2.50 bits per heavy atom. The van der Waals surface area contributed by atoms with Crippen LogP contribution in [0.2, 0.25) is 5.02 Å². The number of carbonyl (C=O) groups excluding carboxylic acids is 2. The lowest BCUT2D eigenvalue weighted by Crippen LogP contribution is -2.35. The Morgan fingerprint density at radius 2 is 1.69 bits per heavy atom. The number of likely N-dealkylation sites (tertiary alicyclic amines) is 2. The van der Waals surface area contributed by atoms with Gasteiger partial charge in [0.2, 0.25) is 0 Å². The third-order valence-electron chi connectivity index (χ3n) is 6.84. The highest BCUT2D eigenvalue weighted by atomic mass is 35.5. The molecule has 2 aromatic heterocycles. The van der Waals surface area contributed by atoms with Gasteiger partial charge in [-0.25, -0.2) is 0 Å². The number of hydrogen-bond acceptors (Lipinski definition) is 4. The number of hydrogen-bond donors (Lipinski definition) is 2. The average molecular weight is 449 g/mol. The molecule has 1 atom stereocenters. The van der Waals surface area contributed by atoms with Gasteiger partial charge in [-0.1, -0.05) is 16.8 Å². The van der Waals surface area contributed by atoms with Crippen LogP contribution in [0.15, 0.2) is 42.5 Å². The molecule has 2 aromatic carbocycles. The molecule has 2 saturated heterocycles. The van der Waals surface area contributed by atoms with Gasteiger partial charge in [0.15, 0.2) is 0 Å². The van der Waals surface area contributed by atoms with Gasteiger partial charge in [-0.05, 0) is 55.3 Å². The van der Waals surface area contributed by atoms with Gasteiger partial charge in [-0.3, -0.25) is 14.7 Å². The molecule has 1 unspecified atom stereocenters. The van der Waals surface area contributed by atoms with Crippen molar-refractivity contribution in [1.82, 2.24) is 30.2 Å². The van der Waals surface area contributed by atoms with E-state index in [1.54, 1.807) is 6.07 Å². The van der Waals surface area contributed by atoms with Crippen LogP contribution in [-0.2, 0) is 0 Å². The smallest absolute Gasteiger partial charge is 0.270 e. The molecule has 8 nitrogen and oxygen atoms in total. The number of aromatic amines is 2. The Bertz CT molecular complexity index is 1380. The van der Waals surface area contributed by atoms with Crippen LogP contribution < -0.4 is 0 Å². The number of rotatable bonds is 2. The molecule has 4 heterocycles. The molecule has 4 aromatic rings. The van der Waals surface area contributed by atoms with Crippen LogP contribution in [0.3, 0.4) is 0 Å². The Balaban J connectivity index is 1.16. The van der Waals surface area contributed by atoms with E-state index < -0.39 is 0 Å². The van der Waals surface area contributed by atoms with Crippen LogP contribution in [-0.4, -0.2) is 68.2 Å². The Hall–Kier alpha value is -3.39. The Kier molecular flexibility index (Phi) is 4.26. The fraction of sp³-hybridized carbons (Fsp3) is 0.304. The van der Waals surface area contributed by atoms with Gasteiger partial charge in [0.25, 0.3) is 11.8 Å². The minimum atomic E-state index is -0.0430. The number of nitrogens with zero attached hydrogens (tertiary/aromatic N) is 4. The molecule has 1 spiro atoms. The van der Waals surface area contributed by atoms with E-state index in [4.69, 9.17) is 11.6 Å². The van der Waals surface area contributed by atoms with Gasteiger partial charge in [-0.15, -0.1) is 5.10 Å². The molecule has 2 amide bonds. The first-order valence-electron chi connectivity index (χ1n) is 10.7. The predicted molar refractivity (Wildman–Crippen MR) is 121 cm³/mol. The minimum absolute atomic E-state index is 0.00375. The lowest BCUT2D eigenvalue weighted by atomic mass is 9.86. The van der Waals surface area contributed by atoms with Crippen molar-refractivity contribution in [3.63, 3.8) is 0 Å². The van der Waals surface area contributed by atoms with E-state index >= 15 is 0 Å². The third kappa shape index (κ3) is 3.14. The summed E-state index contributed by atoms with van der Waals surface area (Å²) >= 11 is 6.07. The molecule has 2 N–H and O–H groups in total. The highest BCUT2D eigenvalue weighted by molar-refractivity contribution is 6.31. The molecule has 9 heteroatoms. The molecule has 2 aliphatic rings. The highest BCUT2D eigenvalue weighted by Crippen LogP contribution is 2.40. The van der Waals surface area contributed by atoms with Crippen LogP contribution >= 0.6 is 11.6 Å². The van der Waals surface area contributed by atoms with Crippen molar-refractivity contribution >= 4 is 45.4 Å². The van der Waals surface area contributed by atoms with Gasteiger partial charge in [0.1, 0.15) is 11.2 Å². The van der Waals surface area contributed by atoms with E-state index in [-0.39, 0.29) is 17.2 Å². The zero-order chi connectivity index (χ0) is 21.9. The largest absolute Gasteiger partial charge is 0.351 e. The molecule has 2 fully saturated rings. The summed E-state index contributed by atoms with van der Waals surface area (Å²) in [6.45, 7) is 2.72. The highest BCUT2D eigenvalue weighted by Gasteiger charge is 2.46. The molecule has 0 radical (unpaired) electrons. The second kappa shape index (κ2) is 7.06. The molecule has 32 heavy (non-hydrogen) atoms. The maximum absolute atomic E-state index is 13.1. The predicted octanol–water partition coefficient (Wildman–Crippen LogP) is 3.47. The topological polar surface area (TPSA) is 98.0 Å². The monoisotopic (exact) mass is 448 g/mol. The summed E-state index contributed by atoms with van der Waals surface area (Å²) in [7, 11) is 0. The average Bonchev–Trinajstić information content (AvgIpc) is 3.59. The van der Waals surface area contributed by atoms with E-state index in [1.165, 1.54) is 0 Å². The lowest BCUT2D eigenvalue weighted by Gasteiger charge is -2.24. The fourth-order valence-corrected chi connectivity index (χ4v) is 5.28. The van der Waals surface area contributed by atoms with Gasteiger partial charge in [-0.2, -0.15) is 0 Å². The van der Waals surface area contributed by atoms with Crippen LogP contribution in [0.25, 0.3) is 21.9 Å². The van der Waals surface area contributed by atoms with Gasteiger partial charge >= 0.3 is 0 Å². The van der Waals surface area contributed by atoms with Crippen molar-refractivity contribution in [2.75, 3.05) is 26.2 Å². The summed E-state index contributed by atoms with van der Waals surface area (Å²) in [5, 5.41) is 12.2. The van der Waals surface area contributed by atoms with E-state index in [2.05, 4.69) is 20.4 Å². The van der Waals surface area contributed by atoms with E-state index in [1.807, 2.05) is 46.2 Å². The molecule has 2 aliphatic heterocycles. The van der Waals surface area contributed by atoms with Crippen LogP contribution in [0.4, 0.5) is 0 Å². The summed E-state index contributed by atoms with van der Waals surface area (Å²) in [4.78, 5) is 33.2. The van der Waals surface area contributed by atoms with Crippen molar-refractivity contribution < 1.29 is 9.59 Å². The standard InChI is InChI=1S/C23H21ClN6O2/c24-16-2-4-17-15(9-16)11-20(25-17)22(32)30-8-6-23(13-30)5-7-29(12-23)21(31)14-1-3-18-19(10-14)27-28-26-18/h1-4,9-11,25H,5-8,12-13H2,(H,26,27,28). The molecule has 6 rings (SSSR count). The number of H-pyrrole nitrogens is 2. The fourth-order valence-electron chi connectivity index (χ4n) is 5.10. The summed E-state index contributed by atoms with van der Waals surface area (Å²) < 4.78 is 0. The third-order valence-corrected chi connectivity index (χ3v) is 7.07. The van der Waals surface area contributed by atoms with Crippen molar-refractivity contribution in [3.05, 3.63) is 58.7 Å². The number of carbonyl (C=O) groups is 2. The van der Waals surface area contributed by atoms with Gasteiger partial charge in [0.05, 0.1) is 5.52 Å². The van der Waals surface area contributed by atoms with Crippen LogP contribution in [0.5, 0.6) is 0 Å². The number of aromatic nitrogens is 4. The number of halogens is 1.